The number of carbonyl (C=O) groups excluding carboxylic acids is 1. The molecule has 1 amide bonds. The average molecular weight is 670 g/mol. The zero-order valence-electron chi connectivity index (χ0n) is 27.3. The molecule has 0 saturated heterocycles. The third-order valence-electron chi connectivity index (χ3n) is 8.57. The molecule has 0 saturated carbocycles. The van der Waals surface area contributed by atoms with Gasteiger partial charge in [0.2, 0.25) is 5.90 Å². The first kappa shape index (κ1) is 33.9. The summed E-state index contributed by atoms with van der Waals surface area (Å²) in [5.74, 6) is 0.207. The number of nitrogens with zero attached hydrogens (tertiary/aromatic N) is 4. The van der Waals surface area contributed by atoms with Gasteiger partial charge in [0.15, 0.2) is 11.6 Å². The van der Waals surface area contributed by atoms with Crippen LogP contribution in [0.25, 0.3) is 21.6 Å². The third kappa shape index (κ3) is 7.84. The predicted octanol–water partition coefficient (Wildman–Crippen LogP) is 8.05. The van der Waals surface area contributed by atoms with E-state index in [1.54, 1.807) is 36.4 Å². The molecule has 10 heteroatoms. The summed E-state index contributed by atoms with van der Waals surface area (Å²) in [5.41, 5.74) is 13.2. The highest BCUT2D eigenvalue weighted by molar-refractivity contribution is 6.01. The molecule has 9 nitrogen and oxygen atoms in total. The van der Waals surface area contributed by atoms with Gasteiger partial charge in [-0.2, -0.15) is 0 Å². The van der Waals surface area contributed by atoms with Crippen molar-refractivity contribution in [2.24, 2.45) is 10.1 Å². The second kappa shape index (κ2) is 16.0. The Hall–Kier alpha value is -5.96. The van der Waals surface area contributed by atoms with Gasteiger partial charge >= 0.3 is 0 Å². The van der Waals surface area contributed by atoms with Crippen molar-refractivity contribution in [1.82, 2.24) is 5.32 Å². The summed E-state index contributed by atoms with van der Waals surface area (Å²) in [6, 6.07) is 38.4. The van der Waals surface area contributed by atoms with E-state index < -0.39 is 11.6 Å². The fraction of sp³-hybridized carbons (Fsp3) is 0.200. The first-order valence-electron chi connectivity index (χ1n) is 16.4. The van der Waals surface area contributed by atoms with Crippen LogP contribution in [0.5, 0.6) is 5.75 Å². The Balaban J connectivity index is 1.41. The Morgan fingerprint density at radius 2 is 1.58 bits per heavy atom. The van der Waals surface area contributed by atoms with E-state index in [4.69, 9.17) is 19.6 Å². The molecule has 6 rings (SSSR count). The van der Waals surface area contributed by atoms with E-state index in [0.29, 0.717) is 42.0 Å². The Kier molecular flexibility index (Phi) is 10.8. The number of hydrogen-bond donors (Lipinski definition) is 2. The van der Waals surface area contributed by atoms with Crippen molar-refractivity contribution < 1.29 is 23.8 Å². The standard InChI is InChI=1S/C40H36FN5O4/c41-34-19-11-28(12-20-34)23-24-43-39(48)40(27-33-9-4-5-10-36(33)45-46-42)37(31-15-13-30(14-16-31)29-7-2-1-3-8-29)50-38(44-40)32-17-21-35(22-18-32)49-26-6-25-47/h1-5,7-22,37,47H,6,23-27H2,(H,43,48)/t37-,40-/m1/s1. The predicted molar refractivity (Wildman–Crippen MR) is 191 cm³/mol. The van der Waals surface area contributed by atoms with Gasteiger partial charge in [0.1, 0.15) is 11.6 Å². The molecule has 2 atom stereocenters. The molecule has 0 unspecified atom stereocenters. The Morgan fingerprint density at radius 1 is 0.900 bits per heavy atom. The summed E-state index contributed by atoms with van der Waals surface area (Å²) >= 11 is 0. The monoisotopic (exact) mass is 669 g/mol. The maximum absolute atomic E-state index is 14.6. The molecule has 5 aromatic rings. The van der Waals surface area contributed by atoms with Gasteiger partial charge in [0.25, 0.3) is 5.91 Å². The smallest absolute Gasteiger partial charge is 0.252 e. The second-order valence-electron chi connectivity index (χ2n) is 11.9. The quantitative estimate of drug-likeness (QED) is 0.0536. The first-order chi connectivity index (χ1) is 24.5. The number of carbonyl (C=O) groups is 1. The zero-order chi connectivity index (χ0) is 34.8. The molecule has 2 N–H and O–H groups in total. The zero-order valence-corrected chi connectivity index (χ0v) is 27.3. The normalized spacial score (nSPS) is 16.5. The molecule has 1 heterocycles. The number of nitrogens with one attached hydrogen (secondary N) is 1. The minimum atomic E-state index is -1.51. The van der Waals surface area contributed by atoms with Crippen molar-refractivity contribution >= 4 is 17.5 Å². The fourth-order valence-electron chi connectivity index (χ4n) is 5.98. The van der Waals surface area contributed by atoms with E-state index in [9.17, 15) is 14.7 Å². The maximum Gasteiger partial charge on any atom is 0.252 e. The van der Waals surface area contributed by atoms with Gasteiger partial charge in [-0.05, 0) is 76.2 Å². The van der Waals surface area contributed by atoms with Gasteiger partial charge in [-0.25, -0.2) is 9.38 Å². The highest BCUT2D eigenvalue weighted by Crippen LogP contribution is 2.44. The van der Waals surface area contributed by atoms with Crippen molar-refractivity contribution in [1.29, 1.82) is 0 Å². The summed E-state index contributed by atoms with van der Waals surface area (Å²) in [6.45, 7) is 0.683. The number of benzene rings is 5. The number of aliphatic hydroxyl groups excluding tert-OH is 1. The van der Waals surface area contributed by atoms with E-state index in [0.717, 1.165) is 22.3 Å². The molecule has 0 spiro atoms. The number of halogens is 1. The van der Waals surface area contributed by atoms with Gasteiger partial charge in [-0.15, -0.1) is 0 Å². The number of aliphatic imine (C=N–C) groups is 1. The van der Waals surface area contributed by atoms with Crippen LogP contribution in [0.3, 0.4) is 0 Å². The molecule has 252 valence electrons. The van der Waals surface area contributed by atoms with Crippen molar-refractivity contribution in [3.63, 3.8) is 0 Å². The molecule has 0 aliphatic carbocycles. The van der Waals surface area contributed by atoms with Crippen LogP contribution in [-0.2, 0) is 22.4 Å². The molecule has 0 fully saturated rings. The highest BCUT2D eigenvalue weighted by Gasteiger charge is 2.53. The lowest BCUT2D eigenvalue weighted by Crippen LogP contribution is -2.50. The van der Waals surface area contributed by atoms with Gasteiger partial charge in [0.05, 0.1) is 6.61 Å². The number of amides is 1. The van der Waals surface area contributed by atoms with Crippen LogP contribution in [0, 0.1) is 5.82 Å². The number of ether oxygens (including phenoxy) is 2. The molecule has 5 aromatic carbocycles. The van der Waals surface area contributed by atoms with E-state index in [1.807, 2.05) is 78.9 Å². The SMILES string of the molecule is [N-]=[N+]=Nc1ccccc1C[C@@]1(C(=O)NCCc2ccc(F)cc2)N=C(c2ccc(OCCCO)cc2)O[C@@H]1c1ccc(-c2ccccc2)cc1. The number of aliphatic hydroxyl groups is 1. The van der Waals surface area contributed by atoms with Crippen LogP contribution in [0.2, 0.25) is 0 Å². The molecular formula is C40H36FN5O4. The van der Waals surface area contributed by atoms with E-state index >= 15 is 0 Å². The Morgan fingerprint density at radius 3 is 2.30 bits per heavy atom. The van der Waals surface area contributed by atoms with Crippen molar-refractivity contribution in [3.8, 4) is 16.9 Å². The van der Waals surface area contributed by atoms with Crippen LogP contribution in [0.4, 0.5) is 10.1 Å². The molecule has 0 bridgehead atoms. The average Bonchev–Trinajstić information content (AvgIpc) is 3.54. The maximum atomic E-state index is 14.6. The van der Waals surface area contributed by atoms with Crippen molar-refractivity contribution in [2.45, 2.75) is 30.9 Å². The number of hydrogen-bond acceptors (Lipinski definition) is 6. The van der Waals surface area contributed by atoms with Crippen molar-refractivity contribution in [2.75, 3.05) is 19.8 Å². The van der Waals surface area contributed by atoms with Gasteiger partial charge in [0, 0.05) is 42.2 Å². The van der Waals surface area contributed by atoms with Crippen LogP contribution in [0.1, 0.15) is 34.8 Å². The van der Waals surface area contributed by atoms with E-state index in [-0.39, 0.29) is 37.2 Å². The summed E-state index contributed by atoms with van der Waals surface area (Å²) in [4.78, 5) is 22.7. The molecule has 50 heavy (non-hydrogen) atoms. The Labute approximate surface area is 289 Å². The van der Waals surface area contributed by atoms with Gasteiger partial charge in [-0.1, -0.05) is 96.1 Å². The number of rotatable bonds is 14. The Bertz CT molecular complexity index is 1980. The summed E-state index contributed by atoms with van der Waals surface area (Å²) in [7, 11) is 0. The molecule has 1 aliphatic heterocycles. The van der Waals surface area contributed by atoms with Gasteiger partial charge < -0.3 is 19.9 Å². The van der Waals surface area contributed by atoms with Gasteiger partial charge in [-0.3, -0.25) is 4.79 Å². The summed E-state index contributed by atoms with van der Waals surface area (Å²) < 4.78 is 25.9. The molecular weight excluding hydrogens is 633 g/mol. The van der Waals surface area contributed by atoms with Crippen LogP contribution < -0.4 is 10.1 Å². The van der Waals surface area contributed by atoms with E-state index in [2.05, 4.69) is 15.3 Å². The highest BCUT2D eigenvalue weighted by atomic mass is 19.1. The minimum absolute atomic E-state index is 0.0350. The lowest BCUT2D eigenvalue weighted by Gasteiger charge is -2.31. The lowest BCUT2D eigenvalue weighted by molar-refractivity contribution is -0.128. The fourth-order valence-corrected chi connectivity index (χ4v) is 5.98. The van der Waals surface area contributed by atoms with Crippen molar-refractivity contribution in [3.05, 3.63) is 166 Å². The van der Waals surface area contributed by atoms with E-state index in [1.165, 1.54) is 12.1 Å². The van der Waals surface area contributed by atoms with Crippen LogP contribution >= 0.6 is 0 Å². The van der Waals surface area contributed by atoms with Crippen LogP contribution in [-0.4, -0.2) is 42.2 Å². The third-order valence-corrected chi connectivity index (χ3v) is 8.57. The molecule has 1 aliphatic rings. The topological polar surface area (TPSA) is 129 Å². The molecule has 0 radical (unpaired) electrons. The minimum Gasteiger partial charge on any atom is -0.494 e. The lowest BCUT2D eigenvalue weighted by atomic mass is 9.81. The second-order valence-corrected chi connectivity index (χ2v) is 11.9. The number of azide groups is 1. The summed E-state index contributed by atoms with van der Waals surface area (Å²) in [5, 5.41) is 16.1. The summed E-state index contributed by atoms with van der Waals surface area (Å²) in [6.07, 6.45) is 0.205. The largest absolute Gasteiger partial charge is 0.494 e. The first-order valence-corrected chi connectivity index (χ1v) is 16.4. The molecule has 0 aromatic heterocycles. The van der Waals surface area contributed by atoms with Crippen LogP contribution in [0.15, 0.2) is 138 Å².